The van der Waals surface area contributed by atoms with E-state index in [1.54, 1.807) is 0 Å². The van der Waals surface area contributed by atoms with Gasteiger partial charge in [-0.25, -0.2) is 0 Å². The van der Waals surface area contributed by atoms with E-state index in [1.807, 2.05) is 25.1 Å². The molecule has 1 fully saturated rings. The van der Waals surface area contributed by atoms with Crippen molar-refractivity contribution in [1.82, 2.24) is 5.32 Å². The number of rotatable bonds is 2. The van der Waals surface area contributed by atoms with Crippen LogP contribution in [0.25, 0.3) is 0 Å². The summed E-state index contributed by atoms with van der Waals surface area (Å²) in [5.41, 5.74) is 1.80. The highest BCUT2D eigenvalue weighted by Gasteiger charge is 2.21. The van der Waals surface area contributed by atoms with Crippen molar-refractivity contribution in [3.63, 3.8) is 0 Å². The molecule has 1 aromatic rings. The Kier molecular flexibility index (Phi) is 5.93. The Morgan fingerprint density at radius 1 is 1.50 bits per heavy atom. The van der Waals surface area contributed by atoms with Gasteiger partial charge in [0, 0.05) is 6.54 Å². The van der Waals surface area contributed by atoms with E-state index in [0.29, 0.717) is 10.7 Å². The van der Waals surface area contributed by atoms with Crippen LogP contribution in [0.5, 0.6) is 0 Å². The molecule has 0 aliphatic carbocycles. The molecule has 1 heterocycles. The zero-order valence-electron chi connectivity index (χ0n) is 10.3. The molecule has 18 heavy (non-hydrogen) atoms. The first-order chi connectivity index (χ1) is 8.16. The van der Waals surface area contributed by atoms with Crippen molar-refractivity contribution in [2.75, 3.05) is 18.4 Å². The standard InChI is InChI=1S/C13H17ClN2O.ClH/c1-9-4-5-11(14)12(7-9)16-13(17)10-3-2-6-15-8-10;/h4-5,7,10,15H,2-3,6,8H2,1H3,(H,16,17);1H/t10-;/m1./s1. The third-order valence-electron chi connectivity index (χ3n) is 3.05. The summed E-state index contributed by atoms with van der Waals surface area (Å²) in [6.45, 7) is 3.75. The molecule has 0 aromatic heterocycles. The number of anilines is 1. The summed E-state index contributed by atoms with van der Waals surface area (Å²) in [5.74, 6) is 0.116. The molecule has 1 aliphatic heterocycles. The molecule has 1 atom stereocenters. The van der Waals surface area contributed by atoms with Gasteiger partial charge in [-0.15, -0.1) is 12.4 Å². The fraction of sp³-hybridized carbons (Fsp3) is 0.462. The Morgan fingerprint density at radius 2 is 2.28 bits per heavy atom. The maximum atomic E-state index is 12.0. The lowest BCUT2D eigenvalue weighted by Crippen LogP contribution is -2.37. The number of carbonyl (C=O) groups is 1. The Balaban J connectivity index is 0.00000162. The van der Waals surface area contributed by atoms with Crippen LogP contribution >= 0.6 is 24.0 Å². The first-order valence-corrected chi connectivity index (χ1v) is 6.32. The van der Waals surface area contributed by atoms with Crippen LogP contribution in [0.1, 0.15) is 18.4 Å². The molecule has 2 rings (SSSR count). The Labute approximate surface area is 119 Å². The lowest BCUT2D eigenvalue weighted by atomic mass is 9.99. The molecule has 0 unspecified atom stereocenters. The number of aryl methyl sites for hydroxylation is 1. The van der Waals surface area contributed by atoms with Crippen LogP contribution in [-0.2, 0) is 4.79 Å². The van der Waals surface area contributed by atoms with Gasteiger partial charge in [0.25, 0.3) is 0 Å². The van der Waals surface area contributed by atoms with Gasteiger partial charge in [-0.1, -0.05) is 17.7 Å². The van der Waals surface area contributed by atoms with E-state index in [2.05, 4.69) is 10.6 Å². The molecule has 100 valence electrons. The van der Waals surface area contributed by atoms with Crippen LogP contribution in [0.2, 0.25) is 5.02 Å². The van der Waals surface area contributed by atoms with Gasteiger partial charge in [-0.05, 0) is 44.0 Å². The molecule has 3 nitrogen and oxygen atoms in total. The molecule has 0 spiro atoms. The molecular formula is C13H18Cl2N2O. The molecular weight excluding hydrogens is 271 g/mol. The predicted molar refractivity (Wildman–Crippen MR) is 77.7 cm³/mol. The zero-order chi connectivity index (χ0) is 12.3. The number of benzene rings is 1. The van der Waals surface area contributed by atoms with E-state index in [-0.39, 0.29) is 24.2 Å². The second-order valence-corrected chi connectivity index (χ2v) is 4.92. The molecule has 1 aromatic carbocycles. The minimum absolute atomic E-state index is 0. The van der Waals surface area contributed by atoms with Crippen molar-refractivity contribution < 1.29 is 4.79 Å². The fourth-order valence-electron chi connectivity index (χ4n) is 2.05. The number of nitrogens with one attached hydrogen (secondary N) is 2. The van der Waals surface area contributed by atoms with E-state index in [0.717, 1.165) is 31.5 Å². The number of carbonyl (C=O) groups excluding carboxylic acids is 1. The summed E-state index contributed by atoms with van der Waals surface area (Å²) in [6, 6.07) is 5.64. The molecule has 1 amide bonds. The van der Waals surface area contributed by atoms with E-state index < -0.39 is 0 Å². The summed E-state index contributed by atoms with van der Waals surface area (Å²) in [7, 11) is 0. The first-order valence-electron chi connectivity index (χ1n) is 5.94. The topological polar surface area (TPSA) is 41.1 Å². The van der Waals surface area contributed by atoms with Gasteiger partial charge >= 0.3 is 0 Å². The number of hydrogen-bond donors (Lipinski definition) is 2. The van der Waals surface area contributed by atoms with Gasteiger partial charge < -0.3 is 10.6 Å². The van der Waals surface area contributed by atoms with Crippen molar-refractivity contribution in [2.24, 2.45) is 5.92 Å². The van der Waals surface area contributed by atoms with Crippen molar-refractivity contribution in [3.8, 4) is 0 Å². The quantitative estimate of drug-likeness (QED) is 0.878. The minimum atomic E-state index is 0. The van der Waals surface area contributed by atoms with E-state index in [4.69, 9.17) is 11.6 Å². The average Bonchev–Trinajstić information content (AvgIpc) is 2.35. The third-order valence-corrected chi connectivity index (χ3v) is 3.38. The lowest BCUT2D eigenvalue weighted by molar-refractivity contribution is -0.120. The van der Waals surface area contributed by atoms with Crippen molar-refractivity contribution >= 4 is 35.6 Å². The van der Waals surface area contributed by atoms with Gasteiger partial charge in [-0.2, -0.15) is 0 Å². The first kappa shape index (κ1) is 15.3. The third kappa shape index (κ3) is 3.87. The second-order valence-electron chi connectivity index (χ2n) is 4.52. The lowest BCUT2D eigenvalue weighted by Gasteiger charge is -2.22. The maximum absolute atomic E-state index is 12.0. The van der Waals surface area contributed by atoms with Gasteiger partial charge in [0.05, 0.1) is 16.6 Å². The molecule has 0 saturated carbocycles. The van der Waals surface area contributed by atoms with Crippen molar-refractivity contribution in [2.45, 2.75) is 19.8 Å². The van der Waals surface area contributed by atoms with Crippen LogP contribution in [0.4, 0.5) is 5.69 Å². The highest BCUT2D eigenvalue weighted by atomic mass is 35.5. The highest BCUT2D eigenvalue weighted by Crippen LogP contribution is 2.24. The van der Waals surface area contributed by atoms with E-state index in [9.17, 15) is 4.79 Å². The summed E-state index contributed by atoms with van der Waals surface area (Å²) < 4.78 is 0. The smallest absolute Gasteiger partial charge is 0.228 e. The van der Waals surface area contributed by atoms with Crippen LogP contribution in [0, 0.1) is 12.8 Å². The van der Waals surface area contributed by atoms with Gasteiger partial charge in [0.1, 0.15) is 0 Å². The molecule has 2 N–H and O–H groups in total. The summed E-state index contributed by atoms with van der Waals surface area (Å²) in [6.07, 6.45) is 2.00. The van der Waals surface area contributed by atoms with Gasteiger partial charge in [0.2, 0.25) is 5.91 Å². The number of halogens is 2. The Bertz CT molecular complexity index is 417. The van der Waals surface area contributed by atoms with Crippen LogP contribution < -0.4 is 10.6 Å². The predicted octanol–water partition coefficient (Wildman–Crippen LogP) is 3.01. The molecule has 1 aliphatic rings. The van der Waals surface area contributed by atoms with Crippen LogP contribution in [0.3, 0.4) is 0 Å². The Hall–Kier alpha value is -0.770. The largest absolute Gasteiger partial charge is 0.324 e. The normalized spacial score (nSPS) is 18.9. The van der Waals surface area contributed by atoms with Crippen LogP contribution in [-0.4, -0.2) is 19.0 Å². The van der Waals surface area contributed by atoms with Crippen molar-refractivity contribution in [3.05, 3.63) is 28.8 Å². The number of amides is 1. The fourth-order valence-corrected chi connectivity index (χ4v) is 2.21. The molecule has 0 bridgehead atoms. The monoisotopic (exact) mass is 288 g/mol. The van der Waals surface area contributed by atoms with Gasteiger partial charge in [0.15, 0.2) is 0 Å². The zero-order valence-corrected chi connectivity index (χ0v) is 11.9. The molecule has 5 heteroatoms. The molecule has 1 saturated heterocycles. The van der Waals surface area contributed by atoms with Crippen molar-refractivity contribution in [1.29, 1.82) is 0 Å². The van der Waals surface area contributed by atoms with Crippen LogP contribution in [0.15, 0.2) is 18.2 Å². The summed E-state index contributed by atoms with van der Waals surface area (Å²) >= 11 is 6.05. The SMILES string of the molecule is Cc1ccc(Cl)c(NC(=O)[C@@H]2CCCNC2)c1.Cl. The minimum Gasteiger partial charge on any atom is -0.324 e. The van der Waals surface area contributed by atoms with E-state index >= 15 is 0 Å². The Morgan fingerprint density at radius 3 is 2.94 bits per heavy atom. The summed E-state index contributed by atoms with van der Waals surface area (Å²) in [4.78, 5) is 12.0. The van der Waals surface area contributed by atoms with E-state index in [1.165, 1.54) is 0 Å². The second kappa shape index (κ2) is 6.98. The number of piperidine rings is 1. The highest BCUT2D eigenvalue weighted by molar-refractivity contribution is 6.33. The maximum Gasteiger partial charge on any atom is 0.228 e. The number of hydrogen-bond acceptors (Lipinski definition) is 2. The summed E-state index contributed by atoms with van der Waals surface area (Å²) in [5, 5.41) is 6.73. The average molecular weight is 289 g/mol. The van der Waals surface area contributed by atoms with Gasteiger partial charge in [-0.3, -0.25) is 4.79 Å². The molecule has 0 radical (unpaired) electrons.